The number of amides is 1. The number of carbonyl (C=O) groups is 2. The zero-order chi connectivity index (χ0) is 15.3. The summed E-state index contributed by atoms with van der Waals surface area (Å²) in [5, 5.41) is 19.5. The Bertz CT molecular complexity index is 502. The second kappa shape index (κ2) is 6.38. The third-order valence-electron chi connectivity index (χ3n) is 2.47. The highest BCUT2D eigenvalue weighted by atomic mass is 19.4. The molecule has 0 saturated carbocycles. The minimum absolute atomic E-state index is 0.236. The number of hydrogen-bond acceptors (Lipinski definition) is 3. The van der Waals surface area contributed by atoms with Gasteiger partial charge in [0.05, 0.1) is 5.56 Å². The number of hydrogen-bond donors (Lipinski definition) is 3. The normalized spacial score (nSPS) is 12.8. The van der Waals surface area contributed by atoms with E-state index in [0.29, 0.717) is 6.07 Å². The van der Waals surface area contributed by atoms with Gasteiger partial charge in [0.1, 0.15) is 6.04 Å². The van der Waals surface area contributed by atoms with Gasteiger partial charge in [-0.3, -0.25) is 4.79 Å². The van der Waals surface area contributed by atoms with E-state index in [1.165, 1.54) is 0 Å². The van der Waals surface area contributed by atoms with Crippen LogP contribution in [-0.4, -0.2) is 34.7 Å². The molecule has 0 heterocycles. The lowest BCUT2D eigenvalue weighted by Gasteiger charge is -2.14. The molecule has 1 atom stereocenters. The summed E-state index contributed by atoms with van der Waals surface area (Å²) in [6.07, 6.45) is -4.83. The van der Waals surface area contributed by atoms with Crippen molar-refractivity contribution in [1.82, 2.24) is 5.32 Å². The third kappa shape index (κ3) is 4.23. The maximum absolute atomic E-state index is 12.5. The fourth-order valence-corrected chi connectivity index (χ4v) is 1.46. The van der Waals surface area contributed by atoms with Crippen molar-refractivity contribution >= 4 is 11.9 Å². The Labute approximate surface area is 112 Å². The number of aliphatic hydroxyl groups excluding tert-OH is 1. The van der Waals surface area contributed by atoms with E-state index in [2.05, 4.69) is 0 Å². The number of aliphatic carboxylic acids is 1. The maximum atomic E-state index is 12.5. The smallest absolute Gasteiger partial charge is 0.416 e. The second-order valence-electron chi connectivity index (χ2n) is 3.96. The Morgan fingerprint density at radius 2 is 1.95 bits per heavy atom. The number of halogens is 3. The molecule has 20 heavy (non-hydrogen) atoms. The van der Waals surface area contributed by atoms with Crippen molar-refractivity contribution < 1.29 is 33.0 Å². The van der Waals surface area contributed by atoms with Gasteiger partial charge < -0.3 is 15.5 Å². The van der Waals surface area contributed by atoms with Crippen molar-refractivity contribution in [3.8, 4) is 0 Å². The van der Waals surface area contributed by atoms with E-state index in [1.54, 1.807) is 0 Å². The van der Waals surface area contributed by atoms with Crippen molar-refractivity contribution in [2.24, 2.45) is 0 Å². The van der Waals surface area contributed by atoms with Gasteiger partial charge in [-0.05, 0) is 18.2 Å². The molecule has 110 valence electrons. The fourth-order valence-electron chi connectivity index (χ4n) is 1.46. The van der Waals surface area contributed by atoms with Crippen LogP contribution in [0, 0.1) is 0 Å². The van der Waals surface area contributed by atoms with Gasteiger partial charge in [0.2, 0.25) is 0 Å². The number of carboxylic acids is 1. The van der Waals surface area contributed by atoms with Crippen LogP contribution in [0.15, 0.2) is 24.3 Å². The van der Waals surface area contributed by atoms with Crippen LogP contribution < -0.4 is 5.32 Å². The number of alkyl halides is 3. The van der Waals surface area contributed by atoms with E-state index in [4.69, 9.17) is 10.2 Å². The molecule has 8 heteroatoms. The van der Waals surface area contributed by atoms with Crippen LogP contribution >= 0.6 is 0 Å². The van der Waals surface area contributed by atoms with Gasteiger partial charge >= 0.3 is 12.1 Å². The van der Waals surface area contributed by atoms with Crippen LogP contribution in [0.4, 0.5) is 13.2 Å². The fraction of sp³-hybridized carbons (Fsp3) is 0.333. The van der Waals surface area contributed by atoms with Crippen LogP contribution in [0.5, 0.6) is 0 Å². The van der Waals surface area contributed by atoms with Gasteiger partial charge in [-0.2, -0.15) is 13.2 Å². The Hall–Kier alpha value is -2.09. The van der Waals surface area contributed by atoms with Crippen molar-refractivity contribution in [2.75, 3.05) is 6.61 Å². The van der Waals surface area contributed by atoms with Crippen molar-refractivity contribution in [1.29, 1.82) is 0 Å². The van der Waals surface area contributed by atoms with E-state index in [-0.39, 0.29) is 12.0 Å². The topological polar surface area (TPSA) is 86.6 Å². The first-order chi connectivity index (χ1) is 9.25. The predicted octanol–water partition coefficient (Wildman–Crippen LogP) is 1.27. The molecule has 1 aromatic rings. The Morgan fingerprint density at radius 3 is 2.45 bits per heavy atom. The molecule has 0 fully saturated rings. The van der Waals surface area contributed by atoms with Gasteiger partial charge in [0, 0.05) is 18.6 Å². The van der Waals surface area contributed by atoms with E-state index in [0.717, 1.165) is 18.2 Å². The summed E-state index contributed by atoms with van der Waals surface area (Å²) < 4.78 is 37.5. The van der Waals surface area contributed by atoms with E-state index in [1.807, 2.05) is 5.32 Å². The lowest BCUT2D eigenvalue weighted by molar-refractivity contribution is -0.140. The quantitative estimate of drug-likeness (QED) is 0.762. The molecule has 0 aliphatic carbocycles. The molecule has 0 spiro atoms. The first-order valence-electron chi connectivity index (χ1n) is 5.57. The summed E-state index contributed by atoms with van der Waals surface area (Å²) >= 11 is 0. The predicted molar refractivity (Wildman–Crippen MR) is 62.0 cm³/mol. The monoisotopic (exact) mass is 291 g/mol. The van der Waals surface area contributed by atoms with E-state index in [9.17, 15) is 22.8 Å². The summed E-state index contributed by atoms with van der Waals surface area (Å²) in [6.45, 7) is -0.472. The molecular weight excluding hydrogens is 279 g/mol. The number of benzene rings is 1. The van der Waals surface area contributed by atoms with Crippen molar-refractivity contribution in [2.45, 2.75) is 18.6 Å². The van der Waals surface area contributed by atoms with Gasteiger partial charge in [-0.1, -0.05) is 6.07 Å². The highest BCUT2D eigenvalue weighted by Crippen LogP contribution is 2.29. The molecule has 0 aromatic heterocycles. The summed E-state index contributed by atoms with van der Waals surface area (Å²) in [6, 6.07) is 2.27. The SMILES string of the molecule is O=C(N[C@H](CCO)C(=O)O)c1cccc(C(F)(F)F)c1. The highest BCUT2D eigenvalue weighted by Gasteiger charge is 2.31. The average molecular weight is 291 g/mol. The first-order valence-corrected chi connectivity index (χ1v) is 5.57. The zero-order valence-corrected chi connectivity index (χ0v) is 10.1. The second-order valence-corrected chi connectivity index (χ2v) is 3.96. The van der Waals surface area contributed by atoms with Gasteiger partial charge in [0.25, 0.3) is 5.91 Å². The standard InChI is InChI=1S/C12H12F3NO4/c13-12(14,15)8-3-1-2-7(6-8)10(18)16-9(4-5-17)11(19)20/h1-3,6,9,17H,4-5H2,(H,16,18)(H,19,20)/t9-/m1/s1. The third-order valence-corrected chi connectivity index (χ3v) is 2.47. The molecule has 0 aliphatic heterocycles. The average Bonchev–Trinajstić information content (AvgIpc) is 2.37. The minimum atomic E-state index is -4.59. The van der Waals surface area contributed by atoms with Gasteiger partial charge in [0.15, 0.2) is 0 Å². The minimum Gasteiger partial charge on any atom is -0.480 e. The maximum Gasteiger partial charge on any atom is 0.416 e. The lowest BCUT2D eigenvalue weighted by atomic mass is 10.1. The molecule has 0 radical (unpaired) electrons. The largest absolute Gasteiger partial charge is 0.480 e. The lowest BCUT2D eigenvalue weighted by Crippen LogP contribution is -2.41. The Balaban J connectivity index is 2.89. The zero-order valence-electron chi connectivity index (χ0n) is 10.1. The van der Waals surface area contributed by atoms with Crippen molar-refractivity contribution in [3.05, 3.63) is 35.4 Å². The van der Waals surface area contributed by atoms with Gasteiger partial charge in [-0.15, -0.1) is 0 Å². The summed E-state index contributed by atoms with van der Waals surface area (Å²) in [5.74, 6) is -2.32. The van der Waals surface area contributed by atoms with Crippen molar-refractivity contribution in [3.63, 3.8) is 0 Å². The number of rotatable bonds is 5. The number of aliphatic hydroxyl groups is 1. The molecule has 0 unspecified atom stereocenters. The molecule has 0 bridgehead atoms. The molecule has 0 aliphatic rings. The summed E-state index contributed by atoms with van der Waals surface area (Å²) in [7, 11) is 0. The Morgan fingerprint density at radius 1 is 1.30 bits per heavy atom. The van der Waals surface area contributed by atoms with Gasteiger partial charge in [-0.25, -0.2) is 4.79 Å². The molecule has 0 saturated heterocycles. The molecular formula is C12H12F3NO4. The molecule has 5 nitrogen and oxygen atoms in total. The number of carboxylic acid groups (broad SMARTS) is 1. The van der Waals surface area contributed by atoms with Crippen LogP contribution in [0.3, 0.4) is 0 Å². The summed E-state index contributed by atoms with van der Waals surface area (Å²) in [5.41, 5.74) is -1.30. The number of carbonyl (C=O) groups excluding carboxylic acids is 1. The van der Waals surface area contributed by atoms with E-state index < -0.39 is 36.3 Å². The first kappa shape index (κ1) is 16.0. The molecule has 3 N–H and O–H groups in total. The van der Waals surface area contributed by atoms with E-state index >= 15 is 0 Å². The molecule has 1 rings (SSSR count). The Kier molecular flexibility index (Phi) is 5.09. The molecule has 1 amide bonds. The van der Waals surface area contributed by atoms with Crippen LogP contribution in [0.25, 0.3) is 0 Å². The van der Waals surface area contributed by atoms with Crippen LogP contribution in [0.2, 0.25) is 0 Å². The summed E-state index contributed by atoms with van der Waals surface area (Å²) in [4.78, 5) is 22.5. The molecule has 1 aromatic carbocycles. The van der Waals surface area contributed by atoms with Crippen LogP contribution in [0.1, 0.15) is 22.3 Å². The highest BCUT2D eigenvalue weighted by molar-refractivity contribution is 5.96. The number of nitrogens with one attached hydrogen (secondary N) is 1. The van der Waals surface area contributed by atoms with Crippen LogP contribution in [-0.2, 0) is 11.0 Å².